The van der Waals surface area contributed by atoms with Crippen LogP contribution in [0.25, 0.3) is 10.9 Å². The van der Waals surface area contributed by atoms with E-state index in [9.17, 15) is 10.1 Å². The van der Waals surface area contributed by atoms with E-state index >= 15 is 0 Å². The van der Waals surface area contributed by atoms with Gasteiger partial charge in [-0.15, -0.1) is 0 Å². The molecule has 2 aliphatic heterocycles. The van der Waals surface area contributed by atoms with E-state index in [0.717, 1.165) is 40.9 Å². The van der Waals surface area contributed by atoms with E-state index in [4.69, 9.17) is 0 Å². The minimum Gasteiger partial charge on any atom is -0.366 e. The maximum absolute atomic E-state index is 11.7. The van der Waals surface area contributed by atoms with Crippen LogP contribution in [0.15, 0.2) is 53.1 Å². The van der Waals surface area contributed by atoms with E-state index in [-0.39, 0.29) is 11.6 Å². The predicted octanol–water partition coefficient (Wildman–Crippen LogP) is 2.97. The molecule has 2 atom stereocenters. The Bertz CT molecular complexity index is 1070. The average Bonchev–Trinajstić information content (AvgIpc) is 3.14. The van der Waals surface area contributed by atoms with Gasteiger partial charge in [0.25, 0.3) is 0 Å². The number of nitrogens with one attached hydrogen (secondary N) is 1. The number of benzene rings is 1. The zero-order valence-electron chi connectivity index (χ0n) is 17.2. The summed E-state index contributed by atoms with van der Waals surface area (Å²) >= 11 is 0. The first-order valence-electron chi connectivity index (χ1n) is 10.1. The lowest BCUT2D eigenvalue weighted by Gasteiger charge is -2.35. The highest BCUT2D eigenvalue weighted by molar-refractivity contribution is 5.86. The van der Waals surface area contributed by atoms with Gasteiger partial charge in [-0.05, 0) is 69.8 Å². The number of aromatic nitrogens is 1. The van der Waals surface area contributed by atoms with Crippen LogP contribution in [-0.2, 0) is 0 Å². The predicted molar refractivity (Wildman–Crippen MR) is 117 cm³/mol. The number of pyridine rings is 1. The van der Waals surface area contributed by atoms with E-state index in [0.29, 0.717) is 6.04 Å². The molecule has 1 aromatic carbocycles. The van der Waals surface area contributed by atoms with Crippen molar-refractivity contribution >= 4 is 16.6 Å². The van der Waals surface area contributed by atoms with Crippen LogP contribution in [0.2, 0.25) is 0 Å². The lowest BCUT2D eigenvalue weighted by molar-refractivity contribution is 0.254. The van der Waals surface area contributed by atoms with Crippen LogP contribution in [-0.4, -0.2) is 54.1 Å². The first kappa shape index (κ1) is 19.3. The fourth-order valence-corrected chi connectivity index (χ4v) is 4.42. The van der Waals surface area contributed by atoms with Crippen molar-refractivity contribution in [3.8, 4) is 6.07 Å². The second kappa shape index (κ2) is 7.76. The summed E-state index contributed by atoms with van der Waals surface area (Å²) in [5.74, 6) is 0. The molecule has 1 saturated heterocycles. The van der Waals surface area contributed by atoms with Gasteiger partial charge in [-0.2, -0.15) is 5.26 Å². The first-order chi connectivity index (χ1) is 14.0. The number of nitrogens with zero attached hydrogens (tertiary/aromatic N) is 4. The molecule has 0 saturated carbocycles. The van der Waals surface area contributed by atoms with Crippen LogP contribution in [0.5, 0.6) is 0 Å². The topological polar surface area (TPSA) is 66.4 Å². The van der Waals surface area contributed by atoms with Crippen molar-refractivity contribution in [2.75, 3.05) is 32.1 Å². The van der Waals surface area contributed by atoms with Gasteiger partial charge >= 0.3 is 0 Å². The quantitative estimate of drug-likeness (QED) is 0.871. The molecule has 6 nitrogen and oxygen atoms in total. The Morgan fingerprint density at radius 2 is 2.14 bits per heavy atom. The number of aryl methyl sites for hydroxylation is 1. The molecule has 1 aromatic heterocycles. The molecule has 6 heteroatoms. The summed E-state index contributed by atoms with van der Waals surface area (Å²) in [6, 6.07) is 10.1. The van der Waals surface area contributed by atoms with Crippen LogP contribution < -0.4 is 10.5 Å². The molecule has 150 valence electrons. The Kier molecular flexibility index (Phi) is 5.16. The van der Waals surface area contributed by atoms with Crippen molar-refractivity contribution in [2.24, 2.45) is 0 Å². The Hall–Kier alpha value is -3.04. The number of likely N-dealkylation sites (tertiary alicyclic amines) is 1. The number of nitriles is 1. The van der Waals surface area contributed by atoms with Gasteiger partial charge in [0.05, 0.1) is 11.8 Å². The van der Waals surface area contributed by atoms with E-state index < -0.39 is 0 Å². The normalized spacial score (nSPS) is 21.7. The Morgan fingerprint density at radius 3 is 2.90 bits per heavy atom. The SMILES string of the molecule is Cc1cc(=O)[nH]c2ccc(N3C=C(N4CCCC4CN(C)C)C=CC3C#N)cc12. The van der Waals surface area contributed by atoms with E-state index in [2.05, 4.69) is 53.3 Å². The molecule has 1 fully saturated rings. The zero-order valence-corrected chi connectivity index (χ0v) is 17.2. The molecule has 0 amide bonds. The van der Waals surface area contributed by atoms with Crippen molar-refractivity contribution in [1.82, 2.24) is 14.8 Å². The van der Waals surface area contributed by atoms with Crippen molar-refractivity contribution in [2.45, 2.75) is 31.8 Å². The highest BCUT2D eigenvalue weighted by Gasteiger charge is 2.29. The number of aromatic amines is 1. The Morgan fingerprint density at radius 1 is 1.31 bits per heavy atom. The Balaban J connectivity index is 1.71. The third-order valence-corrected chi connectivity index (χ3v) is 5.77. The fourth-order valence-electron chi connectivity index (χ4n) is 4.42. The first-order valence-corrected chi connectivity index (χ1v) is 10.1. The fraction of sp³-hybridized carbons (Fsp3) is 0.391. The Labute approximate surface area is 171 Å². The zero-order chi connectivity index (χ0) is 20.5. The number of hydrogen-bond acceptors (Lipinski definition) is 5. The lowest BCUT2D eigenvalue weighted by Crippen LogP contribution is -2.39. The number of fused-ring (bicyclic) bond motifs is 1. The minimum absolute atomic E-state index is 0.0956. The average molecular weight is 390 g/mol. The summed E-state index contributed by atoms with van der Waals surface area (Å²) in [4.78, 5) is 21.4. The minimum atomic E-state index is -0.353. The maximum atomic E-state index is 11.7. The van der Waals surface area contributed by atoms with Gasteiger partial charge in [-0.25, -0.2) is 0 Å². The smallest absolute Gasteiger partial charge is 0.248 e. The van der Waals surface area contributed by atoms with Gasteiger partial charge < -0.3 is 19.7 Å². The summed E-state index contributed by atoms with van der Waals surface area (Å²) in [5, 5.41) is 10.7. The van der Waals surface area contributed by atoms with Crippen LogP contribution >= 0.6 is 0 Å². The van der Waals surface area contributed by atoms with Crippen molar-refractivity contribution < 1.29 is 0 Å². The number of anilines is 1. The molecule has 3 heterocycles. The summed E-state index contributed by atoms with van der Waals surface area (Å²) in [5.41, 5.74) is 3.75. The highest BCUT2D eigenvalue weighted by Crippen LogP contribution is 2.30. The van der Waals surface area contributed by atoms with Crippen molar-refractivity contribution in [1.29, 1.82) is 5.26 Å². The van der Waals surface area contributed by atoms with Gasteiger partial charge in [0, 0.05) is 48.0 Å². The molecule has 0 bridgehead atoms. The highest BCUT2D eigenvalue weighted by atomic mass is 16.1. The number of H-pyrrole nitrogens is 1. The van der Waals surface area contributed by atoms with Crippen LogP contribution in [0.3, 0.4) is 0 Å². The molecular formula is C23H27N5O. The van der Waals surface area contributed by atoms with Crippen molar-refractivity contribution in [3.63, 3.8) is 0 Å². The van der Waals surface area contributed by atoms with Gasteiger partial charge in [-0.3, -0.25) is 4.79 Å². The summed E-state index contributed by atoms with van der Waals surface area (Å²) in [6.45, 7) is 4.00. The molecule has 29 heavy (non-hydrogen) atoms. The second-order valence-electron chi connectivity index (χ2n) is 8.19. The molecule has 0 radical (unpaired) electrons. The maximum Gasteiger partial charge on any atom is 0.248 e. The molecule has 4 rings (SSSR count). The van der Waals surface area contributed by atoms with Gasteiger partial charge in [0.2, 0.25) is 5.56 Å². The van der Waals surface area contributed by atoms with Crippen LogP contribution in [0, 0.1) is 18.3 Å². The lowest BCUT2D eigenvalue weighted by atomic mass is 10.1. The monoisotopic (exact) mass is 389 g/mol. The van der Waals surface area contributed by atoms with Crippen LogP contribution in [0.4, 0.5) is 5.69 Å². The third-order valence-electron chi connectivity index (χ3n) is 5.77. The van der Waals surface area contributed by atoms with Gasteiger partial charge in [0.1, 0.15) is 6.04 Å². The van der Waals surface area contributed by atoms with Gasteiger partial charge in [0.15, 0.2) is 0 Å². The van der Waals surface area contributed by atoms with Crippen LogP contribution in [0.1, 0.15) is 18.4 Å². The van der Waals surface area contributed by atoms with E-state index in [1.54, 1.807) is 6.07 Å². The van der Waals surface area contributed by atoms with E-state index in [1.807, 2.05) is 30.0 Å². The third kappa shape index (κ3) is 3.79. The molecular weight excluding hydrogens is 362 g/mol. The summed E-state index contributed by atoms with van der Waals surface area (Å²) in [6.07, 6.45) is 8.54. The number of allylic oxidation sites excluding steroid dienone is 1. The molecule has 0 aliphatic carbocycles. The molecule has 0 spiro atoms. The number of likely N-dealkylation sites (N-methyl/N-ethyl adjacent to an activating group) is 1. The molecule has 2 aromatic rings. The number of hydrogen-bond donors (Lipinski definition) is 1. The van der Waals surface area contributed by atoms with Gasteiger partial charge in [-0.1, -0.05) is 0 Å². The van der Waals surface area contributed by atoms with E-state index in [1.165, 1.54) is 12.8 Å². The molecule has 2 aliphatic rings. The summed E-state index contributed by atoms with van der Waals surface area (Å²) < 4.78 is 0. The molecule has 1 N–H and O–H groups in total. The number of rotatable bonds is 4. The van der Waals surface area contributed by atoms with Crippen molar-refractivity contribution in [3.05, 3.63) is 64.2 Å². The largest absolute Gasteiger partial charge is 0.366 e. The summed E-state index contributed by atoms with van der Waals surface area (Å²) in [7, 11) is 4.22. The molecule has 2 unspecified atom stereocenters. The standard InChI is InChI=1S/C23H27N5O/c1-16-11-23(29)25-22-9-8-17(12-21(16)22)28-15-20(7-6-18(28)13-24)27-10-4-5-19(27)14-26(2)3/h6-9,11-12,15,18-19H,4-5,10,14H2,1-3H3,(H,25,29). The second-order valence-corrected chi connectivity index (χ2v) is 8.19.